The number of amides is 2. The van der Waals surface area contributed by atoms with Gasteiger partial charge in [-0.15, -0.1) is 0 Å². The van der Waals surface area contributed by atoms with Crippen molar-refractivity contribution in [3.8, 4) is 0 Å². The van der Waals surface area contributed by atoms with Crippen molar-refractivity contribution in [1.29, 1.82) is 0 Å². The lowest BCUT2D eigenvalue weighted by Gasteiger charge is -2.19. The van der Waals surface area contributed by atoms with Crippen LogP contribution in [0.2, 0.25) is 0 Å². The number of rotatable bonds is 5. The molecular weight excluding hydrogens is 268 g/mol. The lowest BCUT2D eigenvalue weighted by Crippen LogP contribution is -2.47. The van der Waals surface area contributed by atoms with E-state index in [1.165, 1.54) is 7.05 Å². The van der Waals surface area contributed by atoms with Gasteiger partial charge in [0.2, 0.25) is 5.91 Å². The zero-order chi connectivity index (χ0) is 15.4. The van der Waals surface area contributed by atoms with Crippen molar-refractivity contribution in [3.05, 3.63) is 29.3 Å². The fourth-order valence-electron chi connectivity index (χ4n) is 1.73. The summed E-state index contributed by atoms with van der Waals surface area (Å²) in [5.41, 5.74) is 4.62. The Hall–Kier alpha value is -2.18. The average Bonchev–Trinajstić information content (AvgIpc) is 2.34. The van der Waals surface area contributed by atoms with E-state index in [9.17, 15) is 18.4 Å². The maximum atomic E-state index is 13.6. The number of primary amides is 1. The predicted molar refractivity (Wildman–Crippen MR) is 71.2 cm³/mol. The van der Waals surface area contributed by atoms with E-state index < -0.39 is 29.5 Å². The number of halogens is 2. The van der Waals surface area contributed by atoms with Crippen LogP contribution in [0.3, 0.4) is 0 Å². The maximum absolute atomic E-state index is 13.6. The predicted octanol–water partition coefficient (Wildman–Crippen LogP) is 1.25. The summed E-state index contributed by atoms with van der Waals surface area (Å²) >= 11 is 0. The molecule has 0 radical (unpaired) electrons. The van der Waals surface area contributed by atoms with E-state index in [-0.39, 0.29) is 17.2 Å². The zero-order valence-corrected chi connectivity index (χ0v) is 11.5. The van der Waals surface area contributed by atoms with Crippen LogP contribution < -0.4 is 16.4 Å². The van der Waals surface area contributed by atoms with E-state index in [0.717, 1.165) is 12.1 Å². The molecule has 2 amide bonds. The number of benzene rings is 1. The van der Waals surface area contributed by atoms with Gasteiger partial charge in [-0.2, -0.15) is 0 Å². The molecule has 0 spiro atoms. The van der Waals surface area contributed by atoms with E-state index in [1.807, 2.05) is 0 Å². The maximum Gasteiger partial charge on any atom is 0.252 e. The molecule has 1 atom stereocenters. The second-order valence-corrected chi connectivity index (χ2v) is 4.66. The molecule has 1 unspecified atom stereocenters. The summed E-state index contributed by atoms with van der Waals surface area (Å²) < 4.78 is 27.1. The van der Waals surface area contributed by atoms with Gasteiger partial charge in [0.05, 0.1) is 0 Å². The third-order valence-electron chi connectivity index (χ3n) is 2.81. The molecule has 0 bridgehead atoms. The molecule has 4 N–H and O–H groups in total. The highest BCUT2D eigenvalue weighted by Crippen LogP contribution is 2.20. The third kappa shape index (κ3) is 3.43. The summed E-state index contributed by atoms with van der Waals surface area (Å²) in [7, 11) is 1.36. The molecule has 1 aromatic rings. The van der Waals surface area contributed by atoms with Crippen molar-refractivity contribution >= 4 is 17.5 Å². The largest absolute Gasteiger partial charge is 0.383 e. The van der Waals surface area contributed by atoms with Gasteiger partial charge >= 0.3 is 0 Å². The monoisotopic (exact) mass is 285 g/mol. The Balaban J connectivity index is 3.01. The number of nitrogens with two attached hydrogens (primary N) is 1. The lowest BCUT2D eigenvalue weighted by molar-refractivity contribution is -0.120. The molecule has 0 fully saturated rings. The molecule has 0 heterocycles. The first-order valence-corrected chi connectivity index (χ1v) is 6.04. The van der Waals surface area contributed by atoms with Crippen LogP contribution >= 0.6 is 0 Å². The van der Waals surface area contributed by atoms with Crippen LogP contribution in [0.25, 0.3) is 0 Å². The van der Waals surface area contributed by atoms with Crippen LogP contribution in [0, 0.1) is 17.6 Å². The van der Waals surface area contributed by atoms with Gasteiger partial charge in [-0.05, 0) is 18.1 Å². The molecule has 20 heavy (non-hydrogen) atoms. The van der Waals surface area contributed by atoms with Crippen molar-refractivity contribution in [3.63, 3.8) is 0 Å². The Morgan fingerprint density at radius 2 is 1.70 bits per heavy atom. The summed E-state index contributed by atoms with van der Waals surface area (Å²) in [5.74, 6) is -3.48. The van der Waals surface area contributed by atoms with E-state index in [1.54, 1.807) is 13.8 Å². The van der Waals surface area contributed by atoms with Crippen LogP contribution in [0.1, 0.15) is 24.2 Å². The fourth-order valence-corrected chi connectivity index (χ4v) is 1.73. The van der Waals surface area contributed by atoms with Crippen LogP contribution in [-0.2, 0) is 4.79 Å². The standard InChI is InChI=1S/C13H17F2N3O2/c1-6(2)10(12(16)19)18-13(20)7-4-8(14)11(17-3)9(15)5-7/h4-6,10,17H,1-3H3,(H2,16,19)(H,18,20). The molecule has 0 aliphatic rings. The molecule has 0 saturated carbocycles. The minimum absolute atomic E-state index is 0.217. The summed E-state index contributed by atoms with van der Waals surface area (Å²) in [6.07, 6.45) is 0. The molecule has 1 rings (SSSR count). The van der Waals surface area contributed by atoms with Gasteiger partial charge in [0.15, 0.2) is 0 Å². The quantitative estimate of drug-likeness (QED) is 0.761. The van der Waals surface area contributed by atoms with Crippen LogP contribution in [0.4, 0.5) is 14.5 Å². The van der Waals surface area contributed by atoms with Crippen molar-refractivity contribution in [1.82, 2.24) is 5.32 Å². The number of carbonyl (C=O) groups excluding carboxylic acids is 2. The minimum atomic E-state index is -0.905. The normalized spacial score (nSPS) is 12.1. The lowest BCUT2D eigenvalue weighted by atomic mass is 10.0. The second kappa shape index (κ2) is 6.31. The second-order valence-electron chi connectivity index (χ2n) is 4.66. The molecule has 5 nitrogen and oxygen atoms in total. The molecule has 0 aliphatic heterocycles. The van der Waals surface area contributed by atoms with Gasteiger partial charge < -0.3 is 16.4 Å². The first-order valence-electron chi connectivity index (χ1n) is 6.04. The van der Waals surface area contributed by atoms with Crippen LogP contribution in [0.15, 0.2) is 12.1 Å². The molecular formula is C13H17F2N3O2. The van der Waals surface area contributed by atoms with Gasteiger partial charge in [-0.3, -0.25) is 9.59 Å². The van der Waals surface area contributed by atoms with Gasteiger partial charge in [-0.1, -0.05) is 13.8 Å². The Kier molecular flexibility index (Phi) is 5.01. The first-order chi connectivity index (χ1) is 9.27. The number of hydrogen-bond acceptors (Lipinski definition) is 3. The topological polar surface area (TPSA) is 84.2 Å². The summed E-state index contributed by atoms with van der Waals surface area (Å²) in [6, 6.07) is 0.878. The van der Waals surface area contributed by atoms with Crippen molar-refractivity contribution in [2.75, 3.05) is 12.4 Å². The average molecular weight is 285 g/mol. The highest BCUT2D eigenvalue weighted by atomic mass is 19.1. The molecule has 110 valence electrons. The van der Waals surface area contributed by atoms with Crippen LogP contribution in [0.5, 0.6) is 0 Å². The zero-order valence-electron chi connectivity index (χ0n) is 11.5. The highest BCUT2D eigenvalue weighted by molar-refractivity contribution is 5.97. The SMILES string of the molecule is CNc1c(F)cc(C(=O)NC(C(N)=O)C(C)C)cc1F. The highest BCUT2D eigenvalue weighted by Gasteiger charge is 2.23. The molecule has 1 aromatic carbocycles. The van der Waals surface area contributed by atoms with E-state index >= 15 is 0 Å². The summed E-state index contributed by atoms with van der Waals surface area (Å²) in [5, 5.41) is 4.71. The number of nitrogens with one attached hydrogen (secondary N) is 2. The van der Waals surface area contributed by atoms with Crippen molar-refractivity contribution in [2.45, 2.75) is 19.9 Å². The Labute approximate surface area is 115 Å². The van der Waals surface area contributed by atoms with E-state index in [0.29, 0.717) is 0 Å². The summed E-state index contributed by atoms with van der Waals surface area (Å²) in [6.45, 7) is 3.39. The third-order valence-corrected chi connectivity index (χ3v) is 2.81. The fraction of sp³-hybridized carbons (Fsp3) is 0.385. The van der Waals surface area contributed by atoms with Gasteiger partial charge in [-0.25, -0.2) is 8.78 Å². The van der Waals surface area contributed by atoms with Gasteiger partial charge in [0, 0.05) is 12.6 Å². The molecule has 0 aliphatic carbocycles. The Morgan fingerprint density at radius 1 is 1.20 bits per heavy atom. The van der Waals surface area contributed by atoms with Crippen molar-refractivity contribution in [2.24, 2.45) is 11.7 Å². The Morgan fingerprint density at radius 3 is 2.05 bits per heavy atom. The molecule has 0 aromatic heterocycles. The Bertz CT molecular complexity index is 509. The van der Waals surface area contributed by atoms with Gasteiger partial charge in [0.25, 0.3) is 5.91 Å². The molecule has 0 saturated heterocycles. The van der Waals surface area contributed by atoms with Crippen molar-refractivity contribution < 1.29 is 18.4 Å². The van der Waals surface area contributed by atoms with Crippen LogP contribution in [-0.4, -0.2) is 24.9 Å². The van der Waals surface area contributed by atoms with E-state index in [2.05, 4.69) is 10.6 Å². The first kappa shape index (κ1) is 15.9. The number of hydrogen-bond donors (Lipinski definition) is 3. The van der Waals surface area contributed by atoms with Gasteiger partial charge in [0.1, 0.15) is 23.4 Å². The smallest absolute Gasteiger partial charge is 0.252 e. The number of carbonyl (C=O) groups is 2. The number of anilines is 1. The minimum Gasteiger partial charge on any atom is -0.383 e. The molecule has 7 heteroatoms. The van der Waals surface area contributed by atoms with E-state index in [4.69, 9.17) is 5.73 Å². The summed E-state index contributed by atoms with van der Waals surface area (Å²) in [4.78, 5) is 23.1.